The molecular weight excluding hydrogens is 650 g/mol. The van der Waals surface area contributed by atoms with Gasteiger partial charge in [0.1, 0.15) is 6.04 Å². The molecule has 2 bridgehead atoms. The van der Waals surface area contributed by atoms with Crippen LogP contribution in [0.4, 0.5) is 5.69 Å². The van der Waals surface area contributed by atoms with Gasteiger partial charge in [-0.05, 0) is 41.3 Å². The third-order valence-electron chi connectivity index (χ3n) is 9.37. The fourth-order valence-corrected chi connectivity index (χ4v) is 11.1. The third-order valence-corrected chi connectivity index (χ3v) is 12.6. The predicted molar refractivity (Wildman–Crippen MR) is 184 cm³/mol. The number of likely N-dealkylation sites (tertiary alicyclic amines) is 1. The molecule has 7 nitrogen and oxygen atoms in total. The Morgan fingerprint density at radius 2 is 1.71 bits per heavy atom. The standard InChI is InChI=1S/C36H38BrN3O4S/c1-3-17-38(23-24-11-6-5-7-12-24)33(42)29-30-34(43)40(19-10-20-41)32(36(30)22-28(37)31(29)45-36)35(44)39(18-4-2)27-16-15-25-13-8-9-14-26(25)21-27/h3-9,11-16,21,28-32,41H,1-2,10,17-20,22-23H2/t28?,29-,30-,31-,32?,36?/m0/s1. The Bertz CT molecular complexity index is 1620. The molecule has 3 amide bonds. The number of benzene rings is 3. The molecule has 9 heteroatoms. The third kappa shape index (κ3) is 5.53. The first-order valence-corrected chi connectivity index (χ1v) is 17.2. The molecule has 3 heterocycles. The monoisotopic (exact) mass is 687 g/mol. The second-order valence-corrected chi connectivity index (χ2v) is 14.8. The number of rotatable bonds is 12. The Morgan fingerprint density at radius 1 is 1.00 bits per heavy atom. The summed E-state index contributed by atoms with van der Waals surface area (Å²) in [5.74, 6) is -1.69. The fraction of sp³-hybridized carbons (Fsp3) is 0.361. The summed E-state index contributed by atoms with van der Waals surface area (Å²) in [5, 5.41) is 11.7. The predicted octanol–water partition coefficient (Wildman–Crippen LogP) is 5.42. The number of carbonyl (C=O) groups excluding carboxylic acids is 3. The number of carbonyl (C=O) groups is 3. The molecule has 3 saturated heterocycles. The number of halogens is 1. The van der Waals surface area contributed by atoms with Crippen LogP contribution in [0.15, 0.2) is 98.1 Å². The molecule has 0 saturated carbocycles. The van der Waals surface area contributed by atoms with Crippen molar-refractivity contribution in [3.8, 4) is 0 Å². The first kappa shape index (κ1) is 31.6. The normalized spacial score (nSPS) is 26.6. The maximum Gasteiger partial charge on any atom is 0.251 e. The van der Waals surface area contributed by atoms with Gasteiger partial charge in [0.2, 0.25) is 11.8 Å². The highest BCUT2D eigenvalue weighted by molar-refractivity contribution is 9.09. The van der Waals surface area contributed by atoms with Crippen LogP contribution in [0.25, 0.3) is 10.8 Å². The summed E-state index contributed by atoms with van der Waals surface area (Å²) in [6.07, 6.45) is 4.35. The lowest BCUT2D eigenvalue weighted by Crippen LogP contribution is -2.56. The Labute approximate surface area is 277 Å². The van der Waals surface area contributed by atoms with E-state index in [1.165, 1.54) is 0 Å². The Morgan fingerprint density at radius 3 is 2.42 bits per heavy atom. The number of hydrogen-bond donors (Lipinski definition) is 1. The second kappa shape index (κ2) is 13.1. The van der Waals surface area contributed by atoms with Gasteiger partial charge in [-0.25, -0.2) is 0 Å². The molecule has 3 fully saturated rings. The van der Waals surface area contributed by atoms with E-state index in [0.717, 1.165) is 22.0 Å². The Balaban J connectivity index is 1.39. The Kier molecular flexibility index (Phi) is 9.22. The van der Waals surface area contributed by atoms with Crippen molar-refractivity contribution < 1.29 is 19.5 Å². The minimum absolute atomic E-state index is 0.0376. The number of hydrogen-bond acceptors (Lipinski definition) is 5. The number of fused-ring (bicyclic) bond motifs is 2. The SMILES string of the molecule is C=CCN(Cc1ccccc1)C(=O)[C@H]1[C@H]2C(=O)N(CCCO)C(C(=O)N(CC=C)c3ccc4ccccc4c3)C23CC(Br)[C@@H]1S3. The van der Waals surface area contributed by atoms with Crippen molar-refractivity contribution in [3.63, 3.8) is 0 Å². The molecular formula is C36H38BrN3O4S. The highest BCUT2D eigenvalue weighted by atomic mass is 79.9. The van der Waals surface area contributed by atoms with Crippen LogP contribution in [0.3, 0.4) is 0 Å². The lowest BCUT2D eigenvalue weighted by atomic mass is 9.70. The number of amides is 3. The molecule has 6 rings (SSSR count). The zero-order valence-corrected chi connectivity index (χ0v) is 27.5. The van der Waals surface area contributed by atoms with Gasteiger partial charge < -0.3 is 19.8 Å². The van der Waals surface area contributed by atoms with E-state index in [1.54, 1.807) is 38.6 Å². The molecule has 0 aromatic heterocycles. The van der Waals surface area contributed by atoms with E-state index >= 15 is 0 Å². The number of anilines is 1. The van der Waals surface area contributed by atoms with Gasteiger partial charge in [0.15, 0.2) is 0 Å². The van der Waals surface area contributed by atoms with Crippen molar-refractivity contribution in [3.05, 3.63) is 104 Å². The molecule has 3 aliphatic heterocycles. The van der Waals surface area contributed by atoms with Crippen LogP contribution in [0.2, 0.25) is 0 Å². The van der Waals surface area contributed by atoms with Crippen LogP contribution < -0.4 is 4.90 Å². The summed E-state index contributed by atoms with van der Waals surface area (Å²) in [4.78, 5) is 48.9. The van der Waals surface area contributed by atoms with Crippen molar-refractivity contribution in [2.75, 3.05) is 31.1 Å². The van der Waals surface area contributed by atoms with Gasteiger partial charge >= 0.3 is 0 Å². The number of nitrogens with zero attached hydrogens (tertiary/aromatic N) is 3. The fourth-order valence-electron chi connectivity index (χ4n) is 7.52. The van der Waals surface area contributed by atoms with Gasteiger partial charge in [0.25, 0.3) is 5.91 Å². The van der Waals surface area contributed by atoms with Crippen molar-refractivity contribution in [1.82, 2.24) is 9.80 Å². The van der Waals surface area contributed by atoms with Crippen molar-refractivity contribution in [2.24, 2.45) is 11.8 Å². The van der Waals surface area contributed by atoms with Gasteiger partial charge in [-0.3, -0.25) is 14.4 Å². The largest absolute Gasteiger partial charge is 0.396 e. The lowest BCUT2D eigenvalue weighted by molar-refractivity contribution is -0.144. The molecule has 0 radical (unpaired) electrons. The van der Waals surface area contributed by atoms with Gasteiger partial charge in [0.05, 0.1) is 16.6 Å². The van der Waals surface area contributed by atoms with E-state index in [2.05, 4.69) is 29.1 Å². The quantitative estimate of drug-likeness (QED) is 0.203. The molecule has 3 aromatic rings. The molecule has 0 aliphatic carbocycles. The van der Waals surface area contributed by atoms with Crippen LogP contribution in [-0.4, -0.2) is 79.7 Å². The van der Waals surface area contributed by atoms with E-state index < -0.39 is 22.6 Å². The summed E-state index contributed by atoms with van der Waals surface area (Å²) in [6, 6.07) is 22.9. The summed E-state index contributed by atoms with van der Waals surface area (Å²) < 4.78 is -0.786. The van der Waals surface area contributed by atoms with E-state index in [0.29, 0.717) is 25.9 Å². The minimum atomic E-state index is -0.789. The summed E-state index contributed by atoms with van der Waals surface area (Å²) in [5.41, 5.74) is 1.73. The smallest absolute Gasteiger partial charge is 0.251 e. The zero-order chi connectivity index (χ0) is 31.7. The molecule has 45 heavy (non-hydrogen) atoms. The summed E-state index contributed by atoms with van der Waals surface area (Å²) >= 11 is 5.50. The molecule has 234 valence electrons. The number of aliphatic hydroxyl groups excluding tert-OH is 1. The maximum atomic E-state index is 14.9. The van der Waals surface area contributed by atoms with Gasteiger partial charge in [-0.2, -0.15) is 0 Å². The van der Waals surface area contributed by atoms with Crippen LogP contribution in [-0.2, 0) is 20.9 Å². The molecule has 3 aliphatic rings. The van der Waals surface area contributed by atoms with Gasteiger partial charge in [-0.1, -0.05) is 88.7 Å². The first-order valence-electron chi connectivity index (χ1n) is 15.4. The van der Waals surface area contributed by atoms with E-state index in [9.17, 15) is 19.5 Å². The topological polar surface area (TPSA) is 81.2 Å². The lowest BCUT2D eigenvalue weighted by Gasteiger charge is -2.38. The number of thioether (sulfide) groups is 1. The van der Waals surface area contributed by atoms with Crippen LogP contribution >= 0.6 is 27.7 Å². The van der Waals surface area contributed by atoms with Crippen LogP contribution in [0, 0.1) is 11.8 Å². The number of alkyl halides is 1. The molecule has 3 unspecified atom stereocenters. The van der Waals surface area contributed by atoms with Gasteiger partial charge in [-0.15, -0.1) is 24.9 Å². The Hall–Kier alpha value is -3.40. The molecule has 1 N–H and O–H groups in total. The van der Waals surface area contributed by atoms with E-state index in [1.807, 2.05) is 72.8 Å². The zero-order valence-electron chi connectivity index (χ0n) is 25.1. The molecule has 3 aromatic carbocycles. The highest BCUT2D eigenvalue weighted by Gasteiger charge is 2.76. The van der Waals surface area contributed by atoms with E-state index in [4.69, 9.17) is 0 Å². The van der Waals surface area contributed by atoms with E-state index in [-0.39, 0.29) is 47.5 Å². The summed E-state index contributed by atoms with van der Waals surface area (Å²) in [6.45, 7) is 9.00. The maximum absolute atomic E-state index is 14.9. The van der Waals surface area contributed by atoms with Gasteiger partial charge in [0, 0.05) is 48.6 Å². The minimum Gasteiger partial charge on any atom is -0.396 e. The average molecular weight is 689 g/mol. The van der Waals surface area contributed by atoms with Crippen molar-refractivity contribution in [2.45, 2.75) is 40.3 Å². The van der Waals surface area contributed by atoms with Crippen LogP contribution in [0.1, 0.15) is 18.4 Å². The highest BCUT2D eigenvalue weighted by Crippen LogP contribution is 2.68. The second-order valence-electron chi connectivity index (χ2n) is 12.0. The summed E-state index contributed by atoms with van der Waals surface area (Å²) in [7, 11) is 0. The number of aliphatic hydroxyl groups is 1. The first-order chi connectivity index (χ1) is 21.8. The molecule has 1 spiro atoms. The molecule has 6 atom stereocenters. The van der Waals surface area contributed by atoms with Crippen molar-refractivity contribution >= 4 is 61.9 Å². The average Bonchev–Trinajstić information content (AvgIpc) is 3.65. The van der Waals surface area contributed by atoms with Crippen molar-refractivity contribution in [1.29, 1.82) is 0 Å². The van der Waals surface area contributed by atoms with Crippen LogP contribution in [0.5, 0.6) is 0 Å².